The molecule has 1 aromatic carbocycles. The van der Waals surface area contributed by atoms with E-state index in [0.29, 0.717) is 17.1 Å². The van der Waals surface area contributed by atoms with Crippen LogP contribution in [-0.2, 0) is 6.54 Å². The molecule has 0 radical (unpaired) electrons. The number of hydrogen-bond acceptors (Lipinski definition) is 3. The van der Waals surface area contributed by atoms with Crippen molar-refractivity contribution in [2.75, 3.05) is 25.0 Å². The molecule has 1 aromatic heterocycles. The Morgan fingerprint density at radius 2 is 2.16 bits per heavy atom. The third-order valence-electron chi connectivity index (χ3n) is 4.32. The van der Waals surface area contributed by atoms with Gasteiger partial charge in [0.15, 0.2) is 5.96 Å². The van der Waals surface area contributed by atoms with Crippen molar-refractivity contribution in [3.63, 3.8) is 0 Å². The fourth-order valence-electron chi connectivity index (χ4n) is 2.92. The van der Waals surface area contributed by atoms with Crippen LogP contribution < -0.4 is 15.5 Å². The molecule has 2 aromatic rings. The lowest BCUT2D eigenvalue weighted by atomic mass is 10.1. The minimum atomic E-state index is -0.247. The van der Waals surface area contributed by atoms with Gasteiger partial charge in [0.25, 0.3) is 0 Å². The average molecular weight is 425 g/mol. The number of rotatable bonds is 4. The summed E-state index contributed by atoms with van der Waals surface area (Å²) in [5.41, 5.74) is 0.885. The second-order valence-corrected chi connectivity index (χ2v) is 7.81. The molecule has 1 fully saturated rings. The Morgan fingerprint density at radius 3 is 2.80 bits per heavy atom. The molecule has 0 aliphatic carbocycles. The molecule has 0 amide bonds. The van der Waals surface area contributed by atoms with Crippen LogP contribution in [0.3, 0.4) is 0 Å². The first-order valence-electron chi connectivity index (χ1n) is 8.35. The van der Waals surface area contributed by atoms with Crippen LogP contribution in [0.2, 0.25) is 0 Å². The zero-order chi connectivity index (χ0) is 17.6. The Balaban J connectivity index is 1.47. The van der Waals surface area contributed by atoms with Crippen LogP contribution in [0, 0.1) is 5.82 Å². The number of aliphatic imine (C=N–C) groups is 1. The molecule has 0 bridgehead atoms. The van der Waals surface area contributed by atoms with Gasteiger partial charge in [-0.2, -0.15) is 0 Å². The van der Waals surface area contributed by atoms with Gasteiger partial charge in [-0.15, -0.1) is 11.3 Å². The summed E-state index contributed by atoms with van der Waals surface area (Å²) in [6.07, 6.45) is 2.15. The fourth-order valence-corrected chi connectivity index (χ4v) is 3.95. The number of nitrogens with one attached hydrogen (secondary N) is 2. The number of anilines is 1. The third kappa shape index (κ3) is 4.95. The molecule has 134 valence electrons. The first kappa shape index (κ1) is 18.2. The molecule has 0 unspecified atom stereocenters. The molecule has 0 saturated carbocycles. The maximum atomic E-state index is 13.6. The number of hydrogen-bond donors (Lipinski definition) is 2. The Kier molecular flexibility index (Phi) is 6.31. The summed E-state index contributed by atoms with van der Waals surface area (Å²) in [7, 11) is 1.76. The molecule has 1 saturated heterocycles. The largest absolute Gasteiger partial charge is 0.363 e. The van der Waals surface area contributed by atoms with Crippen molar-refractivity contribution in [2.24, 2.45) is 4.99 Å². The number of guanidine groups is 1. The molecule has 0 spiro atoms. The van der Waals surface area contributed by atoms with Crippen LogP contribution in [0.15, 0.2) is 45.2 Å². The topological polar surface area (TPSA) is 39.7 Å². The molecule has 3 rings (SSSR count). The minimum absolute atomic E-state index is 0.247. The zero-order valence-corrected chi connectivity index (χ0v) is 16.5. The number of halogens is 2. The van der Waals surface area contributed by atoms with Crippen LogP contribution in [0.1, 0.15) is 18.4 Å². The Bertz CT molecular complexity index is 712. The minimum Gasteiger partial charge on any atom is -0.363 e. The van der Waals surface area contributed by atoms with Crippen LogP contribution in [0.4, 0.5) is 9.39 Å². The van der Waals surface area contributed by atoms with E-state index in [-0.39, 0.29) is 5.82 Å². The first-order chi connectivity index (χ1) is 12.2. The lowest BCUT2D eigenvalue weighted by molar-refractivity contribution is 0.462. The molecular formula is C18H22BrFN4S. The van der Waals surface area contributed by atoms with Gasteiger partial charge in [0.2, 0.25) is 0 Å². The average Bonchev–Trinajstić information content (AvgIpc) is 3.16. The lowest BCUT2D eigenvalue weighted by Gasteiger charge is -2.33. The monoisotopic (exact) mass is 424 g/mol. The molecular weight excluding hydrogens is 403 g/mol. The van der Waals surface area contributed by atoms with E-state index in [1.165, 1.54) is 11.1 Å². The molecule has 2 heterocycles. The van der Waals surface area contributed by atoms with Crippen LogP contribution in [0.5, 0.6) is 0 Å². The summed E-state index contributed by atoms with van der Waals surface area (Å²) in [4.78, 5) is 6.72. The highest BCUT2D eigenvalue weighted by Crippen LogP contribution is 2.24. The highest BCUT2D eigenvalue weighted by molar-refractivity contribution is 9.10. The van der Waals surface area contributed by atoms with Crippen molar-refractivity contribution >= 4 is 38.2 Å². The molecule has 2 N–H and O–H groups in total. The summed E-state index contributed by atoms with van der Waals surface area (Å²) in [5.74, 6) is 0.515. The second kappa shape index (κ2) is 8.67. The van der Waals surface area contributed by atoms with Crippen LogP contribution >= 0.6 is 27.3 Å². The highest BCUT2D eigenvalue weighted by atomic mass is 79.9. The molecule has 0 atom stereocenters. The van der Waals surface area contributed by atoms with E-state index < -0.39 is 0 Å². The van der Waals surface area contributed by atoms with Crippen molar-refractivity contribution in [1.29, 1.82) is 0 Å². The quantitative estimate of drug-likeness (QED) is 0.575. The molecule has 7 heteroatoms. The summed E-state index contributed by atoms with van der Waals surface area (Å²) in [5, 5.41) is 10.2. The van der Waals surface area contributed by atoms with E-state index in [2.05, 4.69) is 54.0 Å². The number of nitrogens with zero attached hydrogens (tertiary/aromatic N) is 2. The van der Waals surface area contributed by atoms with Crippen molar-refractivity contribution in [2.45, 2.75) is 25.4 Å². The molecule has 4 nitrogen and oxygen atoms in total. The van der Waals surface area contributed by atoms with Crippen molar-refractivity contribution < 1.29 is 4.39 Å². The van der Waals surface area contributed by atoms with Gasteiger partial charge < -0.3 is 15.5 Å². The standard InChI is InChI=1S/C18H22BrFN4S/c1-21-18(22-12-13-4-5-15(19)16(20)11-13)23-14-6-8-24(9-7-14)17-3-2-10-25-17/h2-5,10-11,14H,6-9,12H2,1H3,(H2,21,22,23). The number of piperidine rings is 1. The summed E-state index contributed by atoms with van der Waals surface area (Å²) >= 11 is 4.97. The highest BCUT2D eigenvalue weighted by Gasteiger charge is 2.20. The maximum Gasteiger partial charge on any atom is 0.191 e. The van der Waals surface area contributed by atoms with Crippen molar-refractivity contribution in [3.8, 4) is 0 Å². The third-order valence-corrected chi connectivity index (χ3v) is 5.89. The van der Waals surface area contributed by atoms with Gasteiger partial charge in [0.05, 0.1) is 9.47 Å². The summed E-state index contributed by atoms with van der Waals surface area (Å²) < 4.78 is 14.1. The fraction of sp³-hybridized carbons (Fsp3) is 0.389. The Hall–Kier alpha value is -1.60. The summed E-state index contributed by atoms with van der Waals surface area (Å²) in [6.45, 7) is 2.64. The normalized spacial score (nSPS) is 16.1. The van der Waals surface area contributed by atoms with Gasteiger partial charge in [0, 0.05) is 32.7 Å². The SMILES string of the molecule is CN=C(NCc1ccc(Br)c(F)c1)NC1CCN(c2cccs2)CC1. The summed E-state index contributed by atoms with van der Waals surface area (Å²) in [6, 6.07) is 9.83. The smallest absolute Gasteiger partial charge is 0.191 e. The molecule has 25 heavy (non-hydrogen) atoms. The Labute approximate surface area is 160 Å². The second-order valence-electron chi connectivity index (χ2n) is 6.03. The van der Waals surface area contributed by atoms with E-state index in [9.17, 15) is 4.39 Å². The van der Waals surface area contributed by atoms with E-state index >= 15 is 0 Å². The van der Waals surface area contributed by atoms with Gasteiger partial charge >= 0.3 is 0 Å². The van der Waals surface area contributed by atoms with Gasteiger partial charge in [-0.1, -0.05) is 6.07 Å². The predicted molar refractivity (Wildman–Crippen MR) is 107 cm³/mol. The zero-order valence-electron chi connectivity index (χ0n) is 14.1. The van der Waals surface area contributed by atoms with Crippen LogP contribution in [-0.4, -0.2) is 32.1 Å². The van der Waals surface area contributed by atoms with Crippen molar-refractivity contribution in [3.05, 3.63) is 51.6 Å². The van der Waals surface area contributed by atoms with E-state index in [1.807, 2.05) is 6.07 Å². The first-order valence-corrected chi connectivity index (χ1v) is 10.0. The number of benzene rings is 1. The van der Waals surface area contributed by atoms with E-state index in [0.717, 1.165) is 37.5 Å². The Morgan fingerprint density at radius 1 is 1.36 bits per heavy atom. The van der Waals surface area contributed by atoms with Gasteiger partial charge in [-0.25, -0.2) is 4.39 Å². The van der Waals surface area contributed by atoms with E-state index in [4.69, 9.17) is 0 Å². The van der Waals surface area contributed by atoms with E-state index in [1.54, 1.807) is 24.5 Å². The molecule has 1 aliphatic rings. The maximum absolute atomic E-state index is 13.6. The number of thiophene rings is 1. The van der Waals surface area contributed by atoms with Crippen molar-refractivity contribution in [1.82, 2.24) is 10.6 Å². The van der Waals surface area contributed by atoms with Gasteiger partial charge in [0.1, 0.15) is 5.82 Å². The van der Waals surface area contributed by atoms with Gasteiger partial charge in [-0.05, 0) is 64.0 Å². The predicted octanol–water partition coefficient (Wildman–Crippen LogP) is 3.98. The van der Waals surface area contributed by atoms with Crippen LogP contribution in [0.25, 0.3) is 0 Å². The molecule has 1 aliphatic heterocycles. The van der Waals surface area contributed by atoms with Gasteiger partial charge in [-0.3, -0.25) is 4.99 Å². The lowest BCUT2D eigenvalue weighted by Crippen LogP contribution is -2.48.